The summed E-state index contributed by atoms with van der Waals surface area (Å²) in [6.45, 7) is 3.00. The lowest BCUT2D eigenvalue weighted by molar-refractivity contribution is -0.125. The monoisotopic (exact) mass is 335 g/mol. The maximum atomic E-state index is 14.2. The Hall–Kier alpha value is -2.87. The van der Waals surface area contributed by atoms with Gasteiger partial charge in [-0.05, 0) is 49.1 Å². The number of fused-ring (bicyclic) bond motifs is 1. The molecule has 25 heavy (non-hydrogen) atoms. The molecule has 4 rings (SSSR count). The van der Waals surface area contributed by atoms with Crippen molar-refractivity contribution in [3.05, 3.63) is 53.3 Å². The minimum absolute atomic E-state index is 0.0420. The first-order valence-corrected chi connectivity index (χ1v) is 8.36. The van der Waals surface area contributed by atoms with Crippen molar-refractivity contribution >= 4 is 11.6 Å². The molecule has 1 N–H and O–H groups in total. The predicted molar refractivity (Wildman–Crippen MR) is 93.1 cm³/mol. The minimum atomic E-state index is -0.529. The number of carbonyl (C=O) groups is 1. The second-order valence-electron chi connectivity index (χ2n) is 7.04. The van der Waals surface area contributed by atoms with Gasteiger partial charge in [0.15, 0.2) is 6.19 Å². The second-order valence-corrected chi connectivity index (χ2v) is 7.04. The Morgan fingerprint density at radius 1 is 1.28 bits per heavy atom. The maximum Gasteiger partial charge on any atom is 0.232 e. The zero-order valence-corrected chi connectivity index (χ0v) is 14.0. The molecule has 1 spiro atoms. The van der Waals surface area contributed by atoms with E-state index in [2.05, 4.69) is 11.5 Å². The van der Waals surface area contributed by atoms with Crippen molar-refractivity contribution in [2.45, 2.75) is 19.8 Å². The van der Waals surface area contributed by atoms with Crippen molar-refractivity contribution in [2.75, 3.05) is 18.4 Å². The summed E-state index contributed by atoms with van der Waals surface area (Å²) in [4.78, 5) is 14.3. The molecule has 0 aliphatic carbocycles. The van der Waals surface area contributed by atoms with Gasteiger partial charge < -0.3 is 10.2 Å². The number of rotatable bonds is 1. The van der Waals surface area contributed by atoms with Crippen LogP contribution in [0, 0.1) is 29.6 Å². The molecule has 2 aliphatic heterocycles. The van der Waals surface area contributed by atoms with Crippen molar-refractivity contribution in [2.24, 2.45) is 5.41 Å². The van der Waals surface area contributed by atoms with Gasteiger partial charge >= 0.3 is 0 Å². The highest BCUT2D eigenvalue weighted by Crippen LogP contribution is 2.41. The molecular formula is C20H18FN3O. The second kappa shape index (κ2) is 5.59. The van der Waals surface area contributed by atoms with Crippen molar-refractivity contribution in [1.82, 2.24) is 4.90 Å². The van der Waals surface area contributed by atoms with Crippen LogP contribution in [0.5, 0.6) is 0 Å². The lowest BCUT2D eigenvalue weighted by Gasteiger charge is -2.33. The number of hydrogen-bond acceptors (Lipinski definition) is 3. The number of hydrogen-bond donors (Lipinski definition) is 1. The van der Waals surface area contributed by atoms with Crippen LogP contribution < -0.4 is 5.32 Å². The summed E-state index contributed by atoms with van der Waals surface area (Å²) in [5, 5.41) is 12.1. The van der Waals surface area contributed by atoms with Crippen LogP contribution in [-0.2, 0) is 11.2 Å². The number of nitrogens with one attached hydrogen (secondary N) is 1. The molecule has 4 nitrogen and oxygen atoms in total. The van der Waals surface area contributed by atoms with Gasteiger partial charge in [-0.3, -0.25) is 4.79 Å². The van der Waals surface area contributed by atoms with Crippen LogP contribution in [0.15, 0.2) is 36.4 Å². The predicted octanol–water partition coefficient (Wildman–Crippen LogP) is 3.47. The molecule has 2 aliphatic rings. The number of anilines is 1. The van der Waals surface area contributed by atoms with E-state index in [1.54, 1.807) is 11.0 Å². The first kappa shape index (κ1) is 15.6. The number of carbonyl (C=O) groups excluding carboxylic acids is 1. The fourth-order valence-corrected chi connectivity index (χ4v) is 3.86. The SMILES string of the molecule is Cc1ccc(F)c(-c2ccc3c(c2)NC(=O)C2(CCN(C#N)C2)C3)c1. The van der Waals surface area contributed by atoms with E-state index in [0.717, 1.165) is 22.4 Å². The quantitative estimate of drug-likeness (QED) is 0.812. The van der Waals surface area contributed by atoms with Crippen LogP contribution in [0.4, 0.5) is 10.1 Å². The molecule has 0 bridgehead atoms. The van der Waals surface area contributed by atoms with Gasteiger partial charge in [0.2, 0.25) is 5.91 Å². The zero-order chi connectivity index (χ0) is 17.6. The van der Waals surface area contributed by atoms with Crippen molar-refractivity contribution in [3.8, 4) is 17.3 Å². The molecule has 0 radical (unpaired) electrons. The molecule has 1 amide bonds. The Morgan fingerprint density at radius 3 is 2.88 bits per heavy atom. The number of aryl methyl sites for hydroxylation is 1. The summed E-state index contributed by atoms with van der Waals surface area (Å²) in [6.07, 6.45) is 3.43. The molecule has 1 atom stereocenters. The third kappa shape index (κ3) is 2.54. The normalized spacial score (nSPS) is 21.8. The van der Waals surface area contributed by atoms with Gasteiger partial charge in [-0.25, -0.2) is 4.39 Å². The summed E-state index contributed by atoms with van der Waals surface area (Å²) in [5.74, 6) is -0.316. The molecular weight excluding hydrogens is 317 g/mol. The third-order valence-corrected chi connectivity index (χ3v) is 5.30. The fourth-order valence-electron chi connectivity index (χ4n) is 3.86. The van der Waals surface area contributed by atoms with Gasteiger partial charge in [0, 0.05) is 24.3 Å². The maximum absolute atomic E-state index is 14.2. The Bertz CT molecular complexity index is 918. The van der Waals surface area contributed by atoms with E-state index in [1.807, 2.05) is 31.2 Å². The van der Waals surface area contributed by atoms with Crippen LogP contribution in [-0.4, -0.2) is 23.9 Å². The van der Waals surface area contributed by atoms with E-state index < -0.39 is 5.41 Å². The van der Waals surface area contributed by atoms with E-state index in [-0.39, 0.29) is 11.7 Å². The smallest absolute Gasteiger partial charge is 0.232 e. The molecule has 2 aromatic rings. The van der Waals surface area contributed by atoms with E-state index in [4.69, 9.17) is 5.26 Å². The van der Waals surface area contributed by atoms with E-state index >= 15 is 0 Å². The Balaban J connectivity index is 1.70. The first-order chi connectivity index (χ1) is 12.0. The zero-order valence-electron chi connectivity index (χ0n) is 14.0. The van der Waals surface area contributed by atoms with E-state index in [9.17, 15) is 9.18 Å². The summed E-state index contributed by atoms with van der Waals surface area (Å²) >= 11 is 0. The topological polar surface area (TPSA) is 56.1 Å². The Labute approximate surface area is 145 Å². The number of likely N-dealkylation sites (tertiary alicyclic amines) is 1. The molecule has 0 aromatic heterocycles. The number of nitrogens with zero attached hydrogens (tertiary/aromatic N) is 2. The average Bonchev–Trinajstić information content (AvgIpc) is 3.02. The molecule has 126 valence electrons. The van der Waals surface area contributed by atoms with Crippen molar-refractivity contribution < 1.29 is 9.18 Å². The van der Waals surface area contributed by atoms with Gasteiger partial charge in [-0.1, -0.05) is 23.8 Å². The highest BCUT2D eigenvalue weighted by Gasteiger charge is 2.47. The highest BCUT2D eigenvalue weighted by molar-refractivity contribution is 5.99. The van der Waals surface area contributed by atoms with Gasteiger partial charge in [-0.15, -0.1) is 0 Å². The summed E-state index contributed by atoms with van der Waals surface area (Å²) in [5.41, 5.74) is 3.52. The molecule has 2 heterocycles. The van der Waals surface area contributed by atoms with E-state index in [0.29, 0.717) is 31.5 Å². The number of nitriles is 1. The molecule has 1 unspecified atom stereocenters. The number of halogens is 1. The lowest BCUT2D eigenvalue weighted by atomic mass is 9.76. The average molecular weight is 335 g/mol. The Morgan fingerprint density at radius 2 is 2.12 bits per heavy atom. The van der Waals surface area contributed by atoms with Crippen LogP contribution in [0.1, 0.15) is 17.5 Å². The van der Waals surface area contributed by atoms with E-state index in [1.165, 1.54) is 6.07 Å². The summed E-state index contributed by atoms with van der Waals surface area (Å²) in [6, 6.07) is 10.7. The third-order valence-electron chi connectivity index (χ3n) is 5.30. The van der Waals surface area contributed by atoms with Crippen molar-refractivity contribution in [3.63, 3.8) is 0 Å². The standard InChI is InChI=1S/C20H18FN3O/c1-13-2-5-17(21)16(8-13)14-3-4-15-10-20(6-7-24(11-20)12-22)19(25)23-18(15)9-14/h2-5,8-9H,6-7,10-11H2,1H3,(H,23,25). The van der Waals surface area contributed by atoms with Crippen LogP contribution >= 0.6 is 0 Å². The largest absolute Gasteiger partial charge is 0.325 e. The fraction of sp³-hybridized carbons (Fsp3) is 0.300. The molecule has 0 saturated carbocycles. The molecule has 5 heteroatoms. The first-order valence-electron chi connectivity index (χ1n) is 8.36. The van der Waals surface area contributed by atoms with Crippen molar-refractivity contribution in [1.29, 1.82) is 5.26 Å². The Kier molecular flexibility index (Phi) is 3.50. The van der Waals surface area contributed by atoms with Crippen LogP contribution in [0.25, 0.3) is 11.1 Å². The van der Waals surface area contributed by atoms with Gasteiger partial charge in [0.05, 0.1) is 5.41 Å². The molecule has 2 aromatic carbocycles. The number of benzene rings is 2. The van der Waals surface area contributed by atoms with Gasteiger partial charge in [-0.2, -0.15) is 5.26 Å². The van der Waals surface area contributed by atoms with Gasteiger partial charge in [0.25, 0.3) is 0 Å². The molecule has 1 fully saturated rings. The van der Waals surface area contributed by atoms with Crippen LogP contribution in [0.2, 0.25) is 0 Å². The van der Waals surface area contributed by atoms with Gasteiger partial charge in [0.1, 0.15) is 5.82 Å². The van der Waals surface area contributed by atoms with Crippen LogP contribution in [0.3, 0.4) is 0 Å². The lowest BCUT2D eigenvalue weighted by Crippen LogP contribution is -2.43. The summed E-state index contributed by atoms with van der Waals surface area (Å²) < 4.78 is 14.2. The summed E-state index contributed by atoms with van der Waals surface area (Å²) in [7, 11) is 0. The highest BCUT2D eigenvalue weighted by atomic mass is 19.1. The number of amides is 1. The minimum Gasteiger partial charge on any atom is -0.325 e. The molecule has 1 saturated heterocycles.